The zero-order valence-corrected chi connectivity index (χ0v) is 10.4. The number of hydrogen-bond donors (Lipinski definition) is 1. The number of nitrogens with zero attached hydrogens (tertiary/aromatic N) is 1. The molecule has 0 aliphatic heterocycles. The number of carbonyl (C=O) groups is 1. The Morgan fingerprint density at radius 3 is 2.47 bits per heavy atom. The van der Waals surface area contributed by atoms with Gasteiger partial charge in [-0.3, -0.25) is 10.0 Å². The van der Waals surface area contributed by atoms with Crippen molar-refractivity contribution in [2.45, 2.75) is 32.7 Å². The molecule has 0 aromatic heterocycles. The number of carbonyl (C=O) groups excluding carboxylic acids is 1. The van der Waals surface area contributed by atoms with E-state index in [0.29, 0.717) is 12.0 Å². The number of amides is 1. The van der Waals surface area contributed by atoms with E-state index in [1.807, 2.05) is 19.9 Å². The van der Waals surface area contributed by atoms with E-state index in [0.717, 1.165) is 17.1 Å². The molecule has 1 rings (SSSR count). The predicted molar refractivity (Wildman–Crippen MR) is 67.9 cm³/mol. The normalized spacial score (nSPS) is 11.9. The second-order valence-corrected chi connectivity index (χ2v) is 4.17. The third kappa shape index (κ3) is 3.43. The molecule has 3 heteroatoms. The van der Waals surface area contributed by atoms with E-state index in [-0.39, 0.29) is 11.9 Å². The third-order valence-electron chi connectivity index (χ3n) is 2.66. The zero-order chi connectivity index (χ0) is 12.8. The molecular weight excluding hydrogens is 214 g/mol. The van der Waals surface area contributed by atoms with E-state index in [9.17, 15) is 10.0 Å². The smallest absolute Gasteiger partial charge is 0.277 e. The van der Waals surface area contributed by atoms with Crippen LogP contribution < -0.4 is 0 Å². The maximum Gasteiger partial charge on any atom is 0.277 e. The summed E-state index contributed by atoms with van der Waals surface area (Å²) in [5.74, 6) is -0.382. The Balaban J connectivity index is 2.84. The molecule has 0 saturated carbocycles. The van der Waals surface area contributed by atoms with Crippen molar-refractivity contribution in [2.24, 2.45) is 0 Å². The molecule has 0 fully saturated rings. The van der Waals surface area contributed by atoms with Gasteiger partial charge in [-0.25, -0.2) is 5.06 Å². The second-order valence-electron chi connectivity index (χ2n) is 4.17. The molecule has 1 atom stereocenters. The van der Waals surface area contributed by atoms with E-state index in [1.54, 1.807) is 24.3 Å². The lowest BCUT2D eigenvalue weighted by molar-refractivity contribution is -0.0810. The van der Waals surface area contributed by atoms with Gasteiger partial charge in [0.15, 0.2) is 0 Å². The fourth-order valence-corrected chi connectivity index (χ4v) is 1.71. The van der Waals surface area contributed by atoms with Crippen LogP contribution in [0.2, 0.25) is 0 Å². The van der Waals surface area contributed by atoms with Crippen LogP contribution in [0.4, 0.5) is 0 Å². The van der Waals surface area contributed by atoms with Gasteiger partial charge in [0, 0.05) is 5.56 Å². The van der Waals surface area contributed by atoms with Gasteiger partial charge in [0.25, 0.3) is 5.91 Å². The number of hydrogen-bond acceptors (Lipinski definition) is 2. The van der Waals surface area contributed by atoms with Crippen LogP contribution >= 0.6 is 0 Å². The molecule has 1 amide bonds. The van der Waals surface area contributed by atoms with Crippen molar-refractivity contribution >= 4 is 5.91 Å². The quantitative estimate of drug-likeness (QED) is 0.481. The highest BCUT2D eigenvalue weighted by Gasteiger charge is 2.22. The molecule has 0 bridgehead atoms. The van der Waals surface area contributed by atoms with Crippen molar-refractivity contribution in [3.05, 3.63) is 48.0 Å². The van der Waals surface area contributed by atoms with Gasteiger partial charge in [0.2, 0.25) is 0 Å². The monoisotopic (exact) mass is 233 g/mol. The summed E-state index contributed by atoms with van der Waals surface area (Å²) in [5, 5.41) is 10.7. The lowest BCUT2D eigenvalue weighted by Gasteiger charge is -2.26. The van der Waals surface area contributed by atoms with Gasteiger partial charge in [0.1, 0.15) is 0 Å². The third-order valence-corrected chi connectivity index (χ3v) is 2.66. The Morgan fingerprint density at radius 1 is 1.41 bits per heavy atom. The van der Waals surface area contributed by atoms with Crippen molar-refractivity contribution in [3.63, 3.8) is 0 Å². The minimum absolute atomic E-state index is 0.312. The highest BCUT2D eigenvalue weighted by molar-refractivity contribution is 5.93. The fourth-order valence-electron chi connectivity index (χ4n) is 1.71. The van der Waals surface area contributed by atoms with Crippen molar-refractivity contribution < 1.29 is 10.0 Å². The number of hydroxylamine groups is 2. The van der Waals surface area contributed by atoms with Crippen molar-refractivity contribution in [1.29, 1.82) is 0 Å². The maximum absolute atomic E-state index is 12.0. The topological polar surface area (TPSA) is 40.5 Å². The van der Waals surface area contributed by atoms with Gasteiger partial charge < -0.3 is 0 Å². The molecule has 0 aliphatic carbocycles. The van der Waals surface area contributed by atoms with Crippen molar-refractivity contribution in [2.75, 3.05) is 0 Å². The first kappa shape index (κ1) is 13.5. The highest BCUT2D eigenvalue weighted by Crippen LogP contribution is 2.15. The first-order valence-corrected chi connectivity index (χ1v) is 5.80. The van der Waals surface area contributed by atoms with E-state index in [4.69, 9.17) is 0 Å². The molecule has 0 saturated heterocycles. The summed E-state index contributed by atoms with van der Waals surface area (Å²) in [4.78, 5) is 12.0. The van der Waals surface area contributed by atoms with Crippen molar-refractivity contribution in [3.8, 4) is 0 Å². The Morgan fingerprint density at radius 2 is 2.00 bits per heavy atom. The van der Waals surface area contributed by atoms with Gasteiger partial charge in [0.05, 0.1) is 6.04 Å². The molecule has 1 unspecified atom stereocenters. The largest absolute Gasteiger partial charge is 0.285 e. The molecule has 3 nitrogen and oxygen atoms in total. The van der Waals surface area contributed by atoms with Gasteiger partial charge in [-0.05, 0) is 25.5 Å². The summed E-state index contributed by atoms with van der Waals surface area (Å²) in [7, 11) is 0. The predicted octanol–water partition coefficient (Wildman–Crippen LogP) is 3.26. The SMILES string of the molecule is C=C(C)C(CCC)N(O)C(=O)c1ccccc1. The molecule has 92 valence electrons. The van der Waals surface area contributed by atoms with Gasteiger partial charge >= 0.3 is 0 Å². The molecule has 1 aromatic carbocycles. The van der Waals surface area contributed by atoms with E-state index in [2.05, 4.69) is 6.58 Å². The highest BCUT2D eigenvalue weighted by atomic mass is 16.5. The summed E-state index contributed by atoms with van der Waals surface area (Å²) in [6.45, 7) is 7.65. The Bertz CT molecular complexity index is 386. The van der Waals surface area contributed by atoms with Gasteiger partial charge in [-0.1, -0.05) is 43.7 Å². The first-order valence-electron chi connectivity index (χ1n) is 5.80. The molecule has 0 aliphatic rings. The number of benzene rings is 1. The van der Waals surface area contributed by atoms with Crippen LogP contribution in [-0.2, 0) is 0 Å². The van der Waals surface area contributed by atoms with Crippen LogP contribution in [0.15, 0.2) is 42.5 Å². The maximum atomic E-state index is 12.0. The van der Waals surface area contributed by atoms with Crippen LogP contribution in [0.5, 0.6) is 0 Å². The summed E-state index contributed by atoms with van der Waals surface area (Å²) < 4.78 is 0. The molecule has 17 heavy (non-hydrogen) atoms. The minimum Gasteiger partial charge on any atom is -0.285 e. The van der Waals surface area contributed by atoms with Gasteiger partial charge in [-0.15, -0.1) is 0 Å². The Kier molecular flexibility index (Phi) is 4.91. The standard InChI is InChI=1S/C14H19NO2/c1-4-8-13(11(2)3)15(17)14(16)12-9-6-5-7-10-12/h5-7,9-10,13,17H,2,4,8H2,1,3H3. The van der Waals surface area contributed by atoms with E-state index in [1.165, 1.54) is 0 Å². The molecule has 0 spiro atoms. The average Bonchev–Trinajstić information content (AvgIpc) is 2.35. The minimum atomic E-state index is -0.382. The van der Waals surface area contributed by atoms with Crippen molar-refractivity contribution in [1.82, 2.24) is 5.06 Å². The van der Waals surface area contributed by atoms with Crippen LogP contribution in [0.25, 0.3) is 0 Å². The average molecular weight is 233 g/mol. The molecule has 0 radical (unpaired) electrons. The lowest BCUT2D eigenvalue weighted by Crippen LogP contribution is -2.38. The summed E-state index contributed by atoms with van der Waals surface area (Å²) in [6.07, 6.45) is 1.60. The Labute approximate surface area is 102 Å². The molecular formula is C14H19NO2. The van der Waals surface area contributed by atoms with Crippen LogP contribution in [0.3, 0.4) is 0 Å². The van der Waals surface area contributed by atoms with Gasteiger partial charge in [-0.2, -0.15) is 0 Å². The van der Waals surface area contributed by atoms with Crippen LogP contribution in [0.1, 0.15) is 37.0 Å². The Hall–Kier alpha value is -1.61. The summed E-state index contributed by atoms with van der Waals surface area (Å²) >= 11 is 0. The molecule has 0 heterocycles. The first-order chi connectivity index (χ1) is 8.07. The van der Waals surface area contributed by atoms with Crippen LogP contribution in [-0.4, -0.2) is 22.2 Å². The molecule has 1 aromatic rings. The van der Waals surface area contributed by atoms with E-state index >= 15 is 0 Å². The second kappa shape index (κ2) is 6.21. The fraction of sp³-hybridized carbons (Fsp3) is 0.357. The van der Waals surface area contributed by atoms with E-state index < -0.39 is 0 Å². The number of rotatable bonds is 5. The summed E-state index contributed by atoms with van der Waals surface area (Å²) in [6, 6.07) is 8.45. The lowest BCUT2D eigenvalue weighted by atomic mass is 10.0. The van der Waals surface area contributed by atoms with Crippen LogP contribution in [0, 0.1) is 0 Å². The molecule has 1 N–H and O–H groups in total. The summed E-state index contributed by atoms with van der Waals surface area (Å²) in [5.41, 5.74) is 1.27. The zero-order valence-electron chi connectivity index (χ0n) is 10.4.